The molecular formula is C11H16N2O2. The van der Waals surface area contributed by atoms with Gasteiger partial charge in [0.05, 0.1) is 0 Å². The predicted octanol–water partition coefficient (Wildman–Crippen LogP) is 0.917. The largest absolute Gasteiger partial charge is 0.508 e. The summed E-state index contributed by atoms with van der Waals surface area (Å²) in [6.07, 6.45) is 0. The number of nitrogens with two attached hydrogens (primary N) is 1. The Labute approximate surface area is 89.1 Å². The highest BCUT2D eigenvalue weighted by molar-refractivity contribution is 5.81. The van der Waals surface area contributed by atoms with Gasteiger partial charge in [0.1, 0.15) is 11.8 Å². The third kappa shape index (κ3) is 3.25. The summed E-state index contributed by atoms with van der Waals surface area (Å²) in [5, 5.41) is 12.2. The predicted molar refractivity (Wildman–Crippen MR) is 58.3 cm³/mol. The number of rotatable bonds is 4. The van der Waals surface area contributed by atoms with Gasteiger partial charge in [-0.1, -0.05) is 12.1 Å². The Kier molecular flexibility index (Phi) is 3.68. The first kappa shape index (κ1) is 11.5. The van der Waals surface area contributed by atoms with Gasteiger partial charge in [-0.15, -0.1) is 0 Å². The Morgan fingerprint density at radius 1 is 1.33 bits per heavy atom. The number of hydrogen-bond donors (Lipinski definition) is 3. The molecule has 15 heavy (non-hydrogen) atoms. The fourth-order valence-corrected chi connectivity index (χ4v) is 1.34. The Balaban J connectivity index is 2.89. The van der Waals surface area contributed by atoms with E-state index in [1.807, 2.05) is 13.8 Å². The van der Waals surface area contributed by atoms with Crippen LogP contribution in [0.1, 0.15) is 25.5 Å². The number of carbonyl (C=O) groups excluding carboxylic acids is 1. The van der Waals surface area contributed by atoms with E-state index in [1.165, 1.54) is 12.1 Å². The highest BCUT2D eigenvalue weighted by Gasteiger charge is 2.17. The maximum Gasteiger partial charge on any atom is 0.239 e. The number of phenolic OH excluding ortho intramolecular Hbond substituents is 1. The van der Waals surface area contributed by atoms with Crippen LogP contribution in [0.4, 0.5) is 0 Å². The van der Waals surface area contributed by atoms with Crippen molar-refractivity contribution in [2.75, 3.05) is 0 Å². The molecule has 0 saturated heterocycles. The van der Waals surface area contributed by atoms with Gasteiger partial charge in [0, 0.05) is 6.04 Å². The van der Waals surface area contributed by atoms with Crippen molar-refractivity contribution in [3.05, 3.63) is 29.8 Å². The molecule has 1 aromatic carbocycles. The molecule has 4 N–H and O–H groups in total. The summed E-state index contributed by atoms with van der Waals surface area (Å²) in [6.45, 7) is 3.88. The lowest BCUT2D eigenvalue weighted by atomic mass is 10.1. The Bertz CT molecular complexity index is 333. The van der Waals surface area contributed by atoms with Crippen molar-refractivity contribution in [1.29, 1.82) is 0 Å². The van der Waals surface area contributed by atoms with Crippen molar-refractivity contribution in [2.24, 2.45) is 5.73 Å². The minimum absolute atomic E-state index is 0.163. The zero-order valence-electron chi connectivity index (χ0n) is 8.90. The number of hydrogen-bond acceptors (Lipinski definition) is 3. The highest BCUT2D eigenvalue weighted by Crippen LogP contribution is 2.17. The molecule has 0 heterocycles. The smallest absolute Gasteiger partial charge is 0.239 e. The Morgan fingerprint density at radius 3 is 2.27 bits per heavy atom. The highest BCUT2D eigenvalue weighted by atomic mass is 16.3. The Hall–Kier alpha value is -1.55. The molecule has 1 rings (SSSR count). The summed E-state index contributed by atoms with van der Waals surface area (Å²) in [5.41, 5.74) is 6.05. The van der Waals surface area contributed by atoms with E-state index in [-0.39, 0.29) is 11.8 Å². The van der Waals surface area contributed by atoms with Gasteiger partial charge in [-0.3, -0.25) is 10.1 Å². The van der Waals surface area contributed by atoms with Crippen LogP contribution in [0.3, 0.4) is 0 Å². The molecule has 0 aliphatic carbocycles. The Morgan fingerprint density at radius 2 is 1.87 bits per heavy atom. The van der Waals surface area contributed by atoms with E-state index < -0.39 is 11.9 Å². The molecule has 0 fully saturated rings. The molecule has 1 atom stereocenters. The average molecular weight is 208 g/mol. The quantitative estimate of drug-likeness (QED) is 0.688. The molecule has 4 heteroatoms. The van der Waals surface area contributed by atoms with Crippen molar-refractivity contribution in [3.63, 3.8) is 0 Å². The second kappa shape index (κ2) is 4.79. The molecule has 82 valence electrons. The van der Waals surface area contributed by atoms with Gasteiger partial charge >= 0.3 is 0 Å². The summed E-state index contributed by atoms with van der Waals surface area (Å²) >= 11 is 0. The third-order valence-corrected chi connectivity index (χ3v) is 2.01. The van der Waals surface area contributed by atoms with Crippen molar-refractivity contribution in [2.45, 2.75) is 25.9 Å². The molecule has 0 spiro atoms. The monoisotopic (exact) mass is 208 g/mol. The first-order valence-electron chi connectivity index (χ1n) is 4.85. The fraction of sp³-hybridized carbons (Fsp3) is 0.364. The van der Waals surface area contributed by atoms with E-state index in [4.69, 9.17) is 10.8 Å². The number of aromatic hydroxyl groups is 1. The summed E-state index contributed by atoms with van der Waals surface area (Å²) < 4.78 is 0. The van der Waals surface area contributed by atoms with Crippen LogP contribution in [0.15, 0.2) is 24.3 Å². The number of primary amides is 1. The first-order chi connectivity index (χ1) is 7.00. The second-order valence-corrected chi connectivity index (χ2v) is 3.75. The summed E-state index contributed by atoms with van der Waals surface area (Å²) in [4.78, 5) is 11.2. The lowest BCUT2D eigenvalue weighted by Gasteiger charge is -2.18. The molecule has 0 radical (unpaired) electrons. The zero-order chi connectivity index (χ0) is 11.4. The number of phenols is 1. The molecule has 0 aromatic heterocycles. The van der Waals surface area contributed by atoms with Crippen LogP contribution in [-0.2, 0) is 4.79 Å². The maximum absolute atomic E-state index is 11.2. The van der Waals surface area contributed by atoms with E-state index in [1.54, 1.807) is 12.1 Å². The third-order valence-electron chi connectivity index (χ3n) is 2.01. The van der Waals surface area contributed by atoms with Crippen molar-refractivity contribution >= 4 is 5.91 Å². The summed E-state index contributed by atoms with van der Waals surface area (Å²) in [6, 6.07) is 6.09. The standard InChI is InChI=1S/C11H16N2O2/c1-7(2)13-10(11(12)15)8-3-5-9(14)6-4-8/h3-7,10,13-14H,1-2H3,(H2,12,15). The van der Waals surface area contributed by atoms with Gasteiger partial charge in [0.2, 0.25) is 5.91 Å². The minimum atomic E-state index is -0.509. The van der Waals surface area contributed by atoms with Crippen LogP contribution in [-0.4, -0.2) is 17.1 Å². The van der Waals surface area contributed by atoms with Gasteiger partial charge in [-0.25, -0.2) is 0 Å². The molecule has 0 bridgehead atoms. The van der Waals surface area contributed by atoms with Crippen molar-refractivity contribution in [1.82, 2.24) is 5.32 Å². The summed E-state index contributed by atoms with van der Waals surface area (Å²) in [7, 11) is 0. The number of amides is 1. The molecule has 4 nitrogen and oxygen atoms in total. The van der Waals surface area contributed by atoms with Gasteiger partial charge in [0.15, 0.2) is 0 Å². The second-order valence-electron chi connectivity index (χ2n) is 3.75. The number of nitrogens with one attached hydrogen (secondary N) is 1. The number of carbonyl (C=O) groups is 1. The van der Waals surface area contributed by atoms with Gasteiger partial charge in [-0.05, 0) is 31.5 Å². The fourth-order valence-electron chi connectivity index (χ4n) is 1.34. The molecule has 1 amide bonds. The zero-order valence-corrected chi connectivity index (χ0v) is 8.90. The van der Waals surface area contributed by atoms with Crippen LogP contribution in [0.25, 0.3) is 0 Å². The molecule has 0 saturated carbocycles. The van der Waals surface area contributed by atoms with E-state index >= 15 is 0 Å². The normalized spacial score (nSPS) is 12.7. The topological polar surface area (TPSA) is 75.3 Å². The first-order valence-corrected chi connectivity index (χ1v) is 4.85. The lowest BCUT2D eigenvalue weighted by molar-refractivity contribution is -0.120. The van der Waals surface area contributed by atoms with E-state index in [2.05, 4.69) is 5.32 Å². The van der Waals surface area contributed by atoms with Gasteiger partial charge in [0.25, 0.3) is 0 Å². The van der Waals surface area contributed by atoms with Crippen LogP contribution in [0, 0.1) is 0 Å². The van der Waals surface area contributed by atoms with E-state index in [0.29, 0.717) is 0 Å². The van der Waals surface area contributed by atoms with Crippen molar-refractivity contribution < 1.29 is 9.90 Å². The molecular weight excluding hydrogens is 192 g/mol. The van der Waals surface area contributed by atoms with Crippen molar-refractivity contribution in [3.8, 4) is 5.75 Å². The van der Waals surface area contributed by atoms with E-state index in [0.717, 1.165) is 5.56 Å². The van der Waals surface area contributed by atoms with Crippen LogP contribution < -0.4 is 11.1 Å². The molecule has 1 unspecified atom stereocenters. The summed E-state index contributed by atoms with van der Waals surface area (Å²) in [5.74, 6) is -0.249. The maximum atomic E-state index is 11.2. The van der Waals surface area contributed by atoms with Gasteiger partial charge in [-0.2, -0.15) is 0 Å². The molecule has 1 aromatic rings. The van der Waals surface area contributed by atoms with Crippen LogP contribution in [0.2, 0.25) is 0 Å². The lowest BCUT2D eigenvalue weighted by Crippen LogP contribution is -2.37. The minimum Gasteiger partial charge on any atom is -0.508 e. The van der Waals surface area contributed by atoms with Crippen LogP contribution in [0.5, 0.6) is 5.75 Å². The number of benzene rings is 1. The van der Waals surface area contributed by atoms with Gasteiger partial charge < -0.3 is 10.8 Å². The van der Waals surface area contributed by atoms with Crippen LogP contribution >= 0.6 is 0 Å². The average Bonchev–Trinajstić information content (AvgIpc) is 2.15. The SMILES string of the molecule is CC(C)NC(C(N)=O)c1ccc(O)cc1. The molecule has 0 aliphatic rings. The van der Waals surface area contributed by atoms with E-state index in [9.17, 15) is 4.79 Å². The molecule has 0 aliphatic heterocycles.